The Labute approximate surface area is 250 Å². The molecule has 43 heavy (non-hydrogen) atoms. The van der Waals surface area contributed by atoms with Crippen molar-refractivity contribution in [3.05, 3.63) is 115 Å². The second-order valence-corrected chi connectivity index (χ2v) is 10.7. The largest absolute Gasteiger partial charge is 0.497 e. The molecule has 8 heteroatoms. The number of rotatable bonds is 7. The van der Waals surface area contributed by atoms with Crippen LogP contribution < -0.4 is 15.8 Å². The Kier molecular flexibility index (Phi) is 7.91. The van der Waals surface area contributed by atoms with Gasteiger partial charge < -0.3 is 20.7 Å². The zero-order valence-corrected chi connectivity index (χ0v) is 23.9. The molecule has 0 radical (unpaired) electrons. The van der Waals surface area contributed by atoms with Crippen LogP contribution in [-0.2, 0) is 4.79 Å². The van der Waals surface area contributed by atoms with Crippen LogP contribution in [-0.4, -0.2) is 46.7 Å². The Morgan fingerprint density at radius 2 is 1.70 bits per heavy atom. The van der Waals surface area contributed by atoms with Gasteiger partial charge in [0.1, 0.15) is 5.75 Å². The molecule has 8 nitrogen and oxygen atoms in total. The maximum absolute atomic E-state index is 13.2. The second kappa shape index (κ2) is 12.2. The number of hydrogen-bond donors (Lipinski definition) is 2. The molecular weight excluding hydrogens is 538 g/mol. The molecule has 4 aromatic carbocycles. The highest BCUT2D eigenvalue weighted by Gasteiger charge is 2.25. The number of hydrogen-bond acceptors (Lipinski definition) is 5. The van der Waals surface area contributed by atoms with E-state index in [1.54, 1.807) is 25.3 Å². The molecule has 1 saturated heterocycles. The summed E-state index contributed by atoms with van der Waals surface area (Å²) in [5.74, 6) is 0.474. The van der Waals surface area contributed by atoms with Crippen LogP contribution in [0.5, 0.6) is 5.75 Å². The molecule has 5 aromatic rings. The van der Waals surface area contributed by atoms with E-state index in [2.05, 4.69) is 16.5 Å². The Balaban J connectivity index is 1.11. The SMILES string of the molecule is COc1cc(C=CC(=O)Nc2ccccc2N)cc(-c2cnn(C3CCN(C(=O)c4ccc5ccccc5c4)CC3)c2)c1. The highest BCUT2D eigenvalue weighted by molar-refractivity contribution is 6.03. The third-order valence-electron chi connectivity index (χ3n) is 7.87. The molecule has 1 aliphatic heterocycles. The lowest BCUT2D eigenvalue weighted by Gasteiger charge is -2.32. The Morgan fingerprint density at radius 1 is 0.930 bits per heavy atom. The minimum Gasteiger partial charge on any atom is -0.497 e. The zero-order valence-electron chi connectivity index (χ0n) is 23.9. The van der Waals surface area contributed by atoms with E-state index in [1.807, 2.05) is 88.7 Å². The van der Waals surface area contributed by atoms with Gasteiger partial charge in [0.2, 0.25) is 5.91 Å². The molecule has 2 amide bonds. The first-order chi connectivity index (χ1) is 21.0. The van der Waals surface area contributed by atoms with Crippen LogP contribution >= 0.6 is 0 Å². The van der Waals surface area contributed by atoms with Crippen LogP contribution in [0.15, 0.2) is 103 Å². The maximum Gasteiger partial charge on any atom is 0.253 e. The molecule has 2 heterocycles. The van der Waals surface area contributed by atoms with Crippen molar-refractivity contribution in [1.82, 2.24) is 14.7 Å². The van der Waals surface area contributed by atoms with Gasteiger partial charge in [-0.3, -0.25) is 14.3 Å². The topological polar surface area (TPSA) is 102 Å². The van der Waals surface area contributed by atoms with E-state index in [1.165, 1.54) is 6.08 Å². The summed E-state index contributed by atoms with van der Waals surface area (Å²) in [6.45, 7) is 1.35. The highest BCUT2D eigenvalue weighted by atomic mass is 16.5. The smallest absolute Gasteiger partial charge is 0.253 e. The number of carbonyl (C=O) groups is 2. The minimum absolute atomic E-state index is 0.0724. The molecule has 3 N–H and O–H groups in total. The number of likely N-dealkylation sites (tertiary alicyclic amines) is 1. The van der Waals surface area contributed by atoms with Crippen LogP contribution in [0.2, 0.25) is 0 Å². The molecule has 0 unspecified atom stereocenters. The molecule has 0 aliphatic carbocycles. The quantitative estimate of drug-likeness (QED) is 0.173. The second-order valence-electron chi connectivity index (χ2n) is 10.7. The third-order valence-corrected chi connectivity index (χ3v) is 7.87. The third kappa shape index (κ3) is 6.28. The molecule has 1 aromatic heterocycles. The number of anilines is 2. The van der Waals surface area contributed by atoms with E-state index in [9.17, 15) is 9.59 Å². The predicted molar refractivity (Wildman–Crippen MR) is 171 cm³/mol. The van der Waals surface area contributed by atoms with Crippen molar-refractivity contribution in [3.63, 3.8) is 0 Å². The molecule has 0 spiro atoms. The minimum atomic E-state index is -0.277. The fraction of sp³-hybridized carbons (Fsp3) is 0.171. The molecule has 0 saturated carbocycles. The molecule has 1 aliphatic rings. The Hall–Kier alpha value is -5.37. The summed E-state index contributed by atoms with van der Waals surface area (Å²) in [6.07, 6.45) is 8.76. The van der Waals surface area contributed by atoms with Crippen LogP contribution in [0, 0.1) is 0 Å². The van der Waals surface area contributed by atoms with Crippen molar-refractivity contribution in [2.24, 2.45) is 0 Å². The van der Waals surface area contributed by atoms with E-state index >= 15 is 0 Å². The number of benzene rings is 4. The first-order valence-corrected chi connectivity index (χ1v) is 14.3. The summed E-state index contributed by atoms with van der Waals surface area (Å²) >= 11 is 0. The van der Waals surface area contributed by atoms with Gasteiger partial charge in [-0.05, 0) is 83.3 Å². The number of aromatic nitrogens is 2. The molecular formula is C35H33N5O3. The summed E-state index contributed by atoms with van der Waals surface area (Å²) in [7, 11) is 1.62. The lowest BCUT2D eigenvalue weighted by atomic mass is 10.0. The van der Waals surface area contributed by atoms with Crippen LogP contribution in [0.1, 0.15) is 34.8 Å². The molecule has 0 atom stereocenters. The van der Waals surface area contributed by atoms with E-state index in [0.29, 0.717) is 30.2 Å². The Morgan fingerprint density at radius 3 is 2.49 bits per heavy atom. The first kappa shape index (κ1) is 27.8. The Bertz CT molecular complexity index is 1820. The maximum atomic E-state index is 13.2. The molecule has 1 fully saturated rings. The average Bonchev–Trinajstić information content (AvgIpc) is 3.55. The normalized spacial score (nSPS) is 13.8. The van der Waals surface area contributed by atoms with Crippen molar-refractivity contribution in [2.75, 3.05) is 31.2 Å². The van der Waals surface area contributed by atoms with Crippen molar-refractivity contribution >= 4 is 40.0 Å². The number of nitrogens with one attached hydrogen (secondary N) is 1. The highest BCUT2D eigenvalue weighted by Crippen LogP contribution is 2.30. The zero-order chi connectivity index (χ0) is 29.8. The van der Waals surface area contributed by atoms with Gasteiger partial charge in [-0.25, -0.2) is 0 Å². The van der Waals surface area contributed by atoms with E-state index in [-0.39, 0.29) is 17.9 Å². The predicted octanol–water partition coefficient (Wildman–Crippen LogP) is 6.42. The lowest BCUT2D eigenvalue weighted by molar-refractivity contribution is -0.111. The molecule has 216 valence electrons. The van der Waals surface area contributed by atoms with Crippen molar-refractivity contribution in [2.45, 2.75) is 18.9 Å². The number of nitrogen functional groups attached to an aromatic ring is 1. The van der Waals surface area contributed by atoms with Gasteiger partial charge in [0.25, 0.3) is 5.91 Å². The number of fused-ring (bicyclic) bond motifs is 1. The number of amides is 2. The average molecular weight is 572 g/mol. The van der Waals surface area contributed by atoms with Crippen LogP contribution in [0.4, 0.5) is 11.4 Å². The summed E-state index contributed by atoms with van der Waals surface area (Å²) in [5, 5.41) is 9.68. The van der Waals surface area contributed by atoms with Crippen molar-refractivity contribution in [1.29, 1.82) is 0 Å². The standard InChI is InChI=1S/C35H33N5O3/c1-43-31-19-24(10-13-34(41)38-33-9-5-4-8-32(33)36)18-28(21-31)29-22-37-40(23-29)30-14-16-39(17-15-30)35(42)27-12-11-25-6-2-3-7-26(25)20-27/h2-13,18-23,30H,14-17,36H2,1H3,(H,38,41). The fourth-order valence-electron chi connectivity index (χ4n) is 5.49. The van der Waals surface area contributed by atoms with Crippen molar-refractivity contribution < 1.29 is 14.3 Å². The van der Waals surface area contributed by atoms with Gasteiger partial charge in [-0.1, -0.05) is 42.5 Å². The number of ether oxygens (including phenoxy) is 1. The number of para-hydroxylation sites is 2. The molecule has 6 rings (SSSR count). The first-order valence-electron chi connectivity index (χ1n) is 14.3. The number of nitrogens with zero attached hydrogens (tertiary/aromatic N) is 3. The number of nitrogens with two attached hydrogens (primary N) is 1. The van der Waals surface area contributed by atoms with Gasteiger partial charge in [0, 0.05) is 36.5 Å². The van der Waals surface area contributed by atoms with Crippen LogP contribution in [0.25, 0.3) is 28.0 Å². The summed E-state index contributed by atoms with van der Waals surface area (Å²) in [6, 6.07) is 27.1. The van der Waals surface area contributed by atoms with E-state index < -0.39 is 0 Å². The summed E-state index contributed by atoms with van der Waals surface area (Å²) in [5.41, 5.74) is 10.4. The van der Waals surface area contributed by atoms with E-state index in [4.69, 9.17) is 10.5 Å². The van der Waals surface area contributed by atoms with Gasteiger partial charge in [0.15, 0.2) is 0 Å². The number of methoxy groups -OCH3 is 1. The van der Waals surface area contributed by atoms with Crippen LogP contribution in [0.3, 0.4) is 0 Å². The van der Waals surface area contributed by atoms with Gasteiger partial charge >= 0.3 is 0 Å². The van der Waals surface area contributed by atoms with E-state index in [0.717, 1.165) is 45.9 Å². The number of carbonyl (C=O) groups excluding carboxylic acids is 2. The summed E-state index contributed by atoms with van der Waals surface area (Å²) in [4.78, 5) is 27.7. The number of piperidine rings is 1. The fourth-order valence-corrected chi connectivity index (χ4v) is 5.49. The summed E-state index contributed by atoms with van der Waals surface area (Å²) < 4.78 is 7.54. The monoisotopic (exact) mass is 571 g/mol. The van der Waals surface area contributed by atoms with Gasteiger partial charge in [0.05, 0.1) is 30.7 Å². The van der Waals surface area contributed by atoms with Gasteiger partial charge in [-0.15, -0.1) is 0 Å². The van der Waals surface area contributed by atoms with Gasteiger partial charge in [-0.2, -0.15) is 5.10 Å². The molecule has 0 bridgehead atoms. The lowest BCUT2D eigenvalue weighted by Crippen LogP contribution is -2.39. The van der Waals surface area contributed by atoms with Crippen molar-refractivity contribution in [3.8, 4) is 16.9 Å².